The van der Waals surface area contributed by atoms with Crippen LogP contribution < -0.4 is 14.8 Å². The van der Waals surface area contributed by atoms with Gasteiger partial charge in [-0.2, -0.15) is 0 Å². The van der Waals surface area contributed by atoms with Crippen molar-refractivity contribution in [2.75, 3.05) is 31.5 Å². The molecule has 2 heterocycles. The van der Waals surface area contributed by atoms with Gasteiger partial charge in [-0.1, -0.05) is 0 Å². The summed E-state index contributed by atoms with van der Waals surface area (Å²) in [6, 6.07) is 5.83. The van der Waals surface area contributed by atoms with Crippen LogP contribution in [-0.4, -0.2) is 63.2 Å². The summed E-state index contributed by atoms with van der Waals surface area (Å²) in [4.78, 5) is 30.0. The number of piperidine rings is 1. The van der Waals surface area contributed by atoms with Gasteiger partial charge in [-0.25, -0.2) is 18.2 Å². The Balaban J connectivity index is 1.55. The minimum atomic E-state index is -3.84. The number of carbonyl (C=O) groups excluding carboxylic acids is 2. The van der Waals surface area contributed by atoms with E-state index in [0.29, 0.717) is 38.3 Å². The third-order valence-corrected chi connectivity index (χ3v) is 6.93. The molecule has 2 aromatic rings. The molecular formula is C19H24N4O6S2. The summed E-state index contributed by atoms with van der Waals surface area (Å²) < 4.78 is 37.4. The average Bonchev–Trinajstić information content (AvgIpc) is 3.22. The Morgan fingerprint density at radius 2 is 1.90 bits per heavy atom. The summed E-state index contributed by atoms with van der Waals surface area (Å²) in [5.74, 6) is 0.154. The lowest BCUT2D eigenvalue weighted by atomic mass is 10.1. The van der Waals surface area contributed by atoms with Crippen LogP contribution in [0, 0.1) is 0 Å². The van der Waals surface area contributed by atoms with E-state index in [1.807, 2.05) is 0 Å². The fourth-order valence-electron chi connectivity index (χ4n) is 3.03. The van der Waals surface area contributed by atoms with Crippen molar-refractivity contribution in [3.63, 3.8) is 0 Å². The van der Waals surface area contributed by atoms with Gasteiger partial charge in [-0.15, -0.1) is 11.3 Å². The van der Waals surface area contributed by atoms with Crippen molar-refractivity contribution in [1.29, 1.82) is 0 Å². The predicted octanol–water partition coefficient (Wildman–Crippen LogP) is 2.30. The van der Waals surface area contributed by atoms with Gasteiger partial charge in [-0.3, -0.25) is 9.52 Å². The fraction of sp³-hybridized carbons (Fsp3) is 0.421. The highest BCUT2D eigenvalue weighted by molar-refractivity contribution is 7.93. The molecular weight excluding hydrogens is 444 g/mol. The van der Waals surface area contributed by atoms with Gasteiger partial charge in [0.25, 0.3) is 15.9 Å². The van der Waals surface area contributed by atoms with Crippen molar-refractivity contribution in [3.05, 3.63) is 35.3 Å². The molecule has 0 unspecified atom stereocenters. The summed E-state index contributed by atoms with van der Waals surface area (Å²) in [7, 11) is -2.34. The molecule has 1 aromatic carbocycles. The second kappa shape index (κ2) is 9.96. The van der Waals surface area contributed by atoms with Crippen molar-refractivity contribution in [2.45, 2.75) is 30.7 Å². The Labute approximate surface area is 184 Å². The summed E-state index contributed by atoms with van der Waals surface area (Å²) in [5.41, 5.74) is 0.130. The number of amides is 2. The molecule has 0 radical (unpaired) electrons. The van der Waals surface area contributed by atoms with Gasteiger partial charge in [0.05, 0.1) is 18.6 Å². The Bertz CT molecular complexity index is 1010. The first-order valence-electron chi connectivity index (χ1n) is 9.67. The van der Waals surface area contributed by atoms with Gasteiger partial charge in [-0.05, 0) is 44.0 Å². The SMILES string of the molecule is CCOC(=O)N1CCC(NC(=O)c2csc(NS(=O)(=O)c3ccc(OC)cc3)n2)CC1. The third-order valence-electron chi connectivity index (χ3n) is 4.68. The lowest BCUT2D eigenvalue weighted by Crippen LogP contribution is -2.46. The zero-order valence-corrected chi connectivity index (χ0v) is 18.8. The molecule has 2 N–H and O–H groups in total. The van der Waals surface area contributed by atoms with Crippen LogP contribution in [0.1, 0.15) is 30.3 Å². The number of thiazole rings is 1. The maximum absolute atomic E-state index is 12.5. The van der Waals surface area contributed by atoms with E-state index in [1.165, 1.54) is 24.6 Å². The number of hydrogen-bond acceptors (Lipinski definition) is 8. The Hall–Kier alpha value is -2.86. The van der Waals surface area contributed by atoms with Crippen molar-refractivity contribution >= 4 is 38.5 Å². The van der Waals surface area contributed by atoms with Crippen LogP contribution >= 0.6 is 11.3 Å². The maximum Gasteiger partial charge on any atom is 0.409 e. The van der Waals surface area contributed by atoms with Crippen LogP contribution in [0.25, 0.3) is 0 Å². The number of benzene rings is 1. The Morgan fingerprint density at radius 1 is 1.23 bits per heavy atom. The molecule has 1 aliphatic rings. The Morgan fingerprint density at radius 3 is 2.52 bits per heavy atom. The second-order valence-corrected chi connectivity index (χ2v) is 9.29. The van der Waals surface area contributed by atoms with E-state index >= 15 is 0 Å². The van der Waals surface area contributed by atoms with E-state index in [1.54, 1.807) is 24.0 Å². The minimum Gasteiger partial charge on any atom is -0.497 e. The molecule has 0 bridgehead atoms. The lowest BCUT2D eigenvalue weighted by Gasteiger charge is -2.31. The van der Waals surface area contributed by atoms with Gasteiger partial charge in [0, 0.05) is 24.5 Å². The molecule has 1 aliphatic heterocycles. The lowest BCUT2D eigenvalue weighted by molar-refractivity contribution is 0.0857. The van der Waals surface area contributed by atoms with Crippen LogP contribution in [0.4, 0.5) is 9.93 Å². The van der Waals surface area contributed by atoms with E-state index in [-0.39, 0.29) is 33.8 Å². The molecule has 1 saturated heterocycles. The average molecular weight is 469 g/mol. The van der Waals surface area contributed by atoms with Gasteiger partial charge >= 0.3 is 6.09 Å². The zero-order valence-electron chi connectivity index (χ0n) is 17.2. The largest absolute Gasteiger partial charge is 0.497 e. The zero-order chi connectivity index (χ0) is 22.4. The number of nitrogens with one attached hydrogen (secondary N) is 2. The molecule has 10 nitrogen and oxygen atoms in total. The fourth-order valence-corrected chi connectivity index (χ4v) is 4.98. The molecule has 12 heteroatoms. The number of ether oxygens (including phenoxy) is 2. The summed E-state index contributed by atoms with van der Waals surface area (Å²) in [6.07, 6.45) is 0.859. The molecule has 2 amide bonds. The molecule has 1 fully saturated rings. The number of sulfonamides is 1. The van der Waals surface area contributed by atoms with Gasteiger partial charge in [0.1, 0.15) is 11.4 Å². The topological polar surface area (TPSA) is 127 Å². The van der Waals surface area contributed by atoms with Crippen molar-refractivity contribution in [2.24, 2.45) is 0 Å². The number of carbonyl (C=O) groups is 2. The van der Waals surface area contributed by atoms with E-state index in [2.05, 4.69) is 15.0 Å². The summed E-state index contributed by atoms with van der Waals surface area (Å²) in [6.45, 7) is 3.06. The maximum atomic E-state index is 12.5. The number of anilines is 1. The standard InChI is InChI=1S/C19H24N4O6S2/c1-3-29-19(25)23-10-8-13(9-11-23)20-17(24)16-12-30-18(21-16)22-31(26,27)15-6-4-14(28-2)5-7-15/h4-7,12-13H,3,8-11H2,1-2H3,(H,20,24)(H,21,22). The summed E-state index contributed by atoms with van der Waals surface area (Å²) in [5, 5.41) is 4.47. The number of nitrogens with zero attached hydrogens (tertiary/aromatic N) is 2. The van der Waals surface area contributed by atoms with E-state index in [9.17, 15) is 18.0 Å². The van der Waals surface area contributed by atoms with Crippen LogP contribution in [0.5, 0.6) is 5.75 Å². The highest BCUT2D eigenvalue weighted by Crippen LogP contribution is 2.22. The van der Waals surface area contributed by atoms with E-state index < -0.39 is 10.0 Å². The van der Waals surface area contributed by atoms with E-state index in [0.717, 1.165) is 11.3 Å². The Kier molecular flexibility index (Phi) is 7.33. The third kappa shape index (κ3) is 5.85. The molecule has 168 valence electrons. The van der Waals surface area contributed by atoms with Crippen LogP contribution in [0.2, 0.25) is 0 Å². The molecule has 0 atom stereocenters. The molecule has 3 rings (SSSR count). The highest BCUT2D eigenvalue weighted by atomic mass is 32.2. The van der Waals surface area contributed by atoms with Crippen molar-refractivity contribution in [3.8, 4) is 5.75 Å². The van der Waals surface area contributed by atoms with E-state index in [4.69, 9.17) is 9.47 Å². The first-order valence-corrected chi connectivity index (χ1v) is 12.0. The first-order chi connectivity index (χ1) is 14.8. The van der Waals surface area contributed by atoms with Crippen LogP contribution in [0.3, 0.4) is 0 Å². The number of likely N-dealkylation sites (tertiary alicyclic amines) is 1. The second-order valence-electron chi connectivity index (χ2n) is 6.75. The van der Waals surface area contributed by atoms with Gasteiger partial charge in [0.15, 0.2) is 5.13 Å². The van der Waals surface area contributed by atoms with Gasteiger partial charge < -0.3 is 19.7 Å². The van der Waals surface area contributed by atoms with Gasteiger partial charge in [0.2, 0.25) is 0 Å². The molecule has 1 aromatic heterocycles. The monoisotopic (exact) mass is 468 g/mol. The summed E-state index contributed by atoms with van der Waals surface area (Å²) >= 11 is 1.02. The smallest absolute Gasteiger partial charge is 0.409 e. The first kappa shape index (κ1) is 22.8. The highest BCUT2D eigenvalue weighted by Gasteiger charge is 2.25. The van der Waals surface area contributed by atoms with Crippen molar-refractivity contribution < 1.29 is 27.5 Å². The number of rotatable bonds is 7. The molecule has 0 aliphatic carbocycles. The van der Waals surface area contributed by atoms with Crippen LogP contribution in [-0.2, 0) is 14.8 Å². The number of methoxy groups -OCH3 is 1. The quantitative estimate of drug-likeness (QED) is 0.638. The normalized spacial score (nSPS) is 14.7. The number of hydrogen-bond donors (Lipinski definition) is 2. The molecule has 31 heavy (non-hydrogen) atoms. The predicted molar refractivity (Wildman–Crippen MR) is 115 cm³/mol. The number of aromatic nitrogens is 1. The van der Waals surface area contributed by atoms with Crippen LogP contribution in [0.15, 0.2) is 34.5 Å². The minimum absolute atomic E-state index is 0.0582. The van der Waals surface area contributed by atoms with Crippen molar-refractivity contribution in [1.82, 2.24) is 15.2 Å². The molecule has 0 saturated carbocycles. The molecule has 0 spiro atoms.